The van der Waals surface area contributed by atoms with E-state index in [4.69, 9.17) is 5.73 Å². The van der Waals surface area contributed by atoms with Crippen LogP contribution in [0.1, 0.15) is 31.2 Å². The van der Waals surface area contributed by atoms with E-state index >= 15 is 0 Å². The van der Waals surface area contributed by atoms with Crippen molar-refractivity contribution in [1.29, 1.82) is 0 Å². The van der Waals surface area contributed by atoms with Crippen LogP contribution in [0.5, 0.6) is 0 Å². The largest absolute Gasteiger partial charge is 0.325 e. The van der Waals surface area contributed by atoms with Gasteiger partial charge in [0.25, 0.3) is 0 Å². The van der Waals surface area contributed by atoms with Crippen molar-refractivity contribution in [2.45, 2.75) is 31.2 Å². The zero-order valence-electron chi connectivity index (χ0n) is 8.16. The van der Waals surface area contributed by atoms with E-state index < -0.39 is 0 Å². The van der Waals surface area contributed by atoms with Gasteiger partial charge in [-0.1, -0.05) is 35.0 Å². The minimum atomic E-state index is 0. The molecule has 0 spiro atoms. The fraction of sp³-hybridized carbons (Fsp3) is 0.455. The van der Waals surface area contributed by atoms with Gasteiger partial charge in [0, 0.05) is 15.9 Å². The zero-order chi connectivity index (χ0) is 9.47. The van der Waals surface area contributed by atoms with E-state index in [2.05, 4.69) is 47.1 Å². The first-order chi connectivity index (χ1) is 6.15. The maximum atomic E-state index is 6.16. The SMILES string of the molecule is CC[C@]1(N)C[C@@H]1c1cccc(Br)c1.Cl. The average molecular weight is 277 g/mol. The van der Waals surface area contributed by atoms with Crippen molar-refractivity contribution in [2.75, 3.05) is 0 Å². The van der Waals surface area contributed by atoms with Crippen LogP contribution < -0.4 is 5.73 Å². The summed E-state index contributed by atoms with van der Waals surface area (Å²) in [4.78, 5) is 0. The van der Waals surface area contributed by atoms with E-state index in [1.165, 1.54) is 5.56 Å². The monoisotopic (exact) mass is 275 g/mol. The van der Waals surface area contributed by atoms with Gasteiger partial charge in [0.1, 0.15) is 0 Å². The number of benzene rings is 1. The summed E-state index contributed by atoms with van der Waals surface area (Å²) in [5.41, 5.74) is 7.61. The molecule has 1 saturated carbocycles. The van der Waals surface area contributed by atoms with Gasteiger partial charge in [-0.15, -0.1) is 12.4 Å². The Balaban J connectivity index is 0.000000980. The van der Waals surface area contributed by atoms with Crippen LogP contribution in [0.25, 0.3) is 0 Å². The highest BCUT2D eigenvalue weighted by Gasteiger charge is 2.49. The first-order valence-electron chi connectivity index (χ1n) is 4.70. The standard InChI is InChI=1S/C11H14BrN.ClH/c1-2-11(13)7-10(11)8-4-3-5-9(12)6-8;/h3-6,10H,2,7,13H2,1H3;1H/t10-,11+;/m1./s1. The Kier molecular flexibility index (Phi) is 3.62. The second-order valence-corrected chi connectivity index (χ2v) is 4.81. The van der Waals surface area contributed by atoms with Crippen LogP contribution in [0, 0.1) is 0 Å². The predicted octanol–water partition coefficient (Wildman–Crippen LogP) is 3.47. The Morgan fingerprint density at radius 1 is 1.57 bits per heavy atom. The third kappa shape index (κ3) is 2.13. The molecule has 0 heterocycles. The highest BCUT2D eigenvalue weighted by atomic mass is 79.9. The van der Waals surface area contributed by atoms with E-state index in [0.717, 1.165) is 17.3 Å². The van der Waals surface area contributed by atoms with E-state index in [0.29, 0.717) is 5.92 Å². The summed E-state index contributed by atoms with van der Waals surface area (Å²) in [7, 11) is 0. The van der Waals surface area contributed by atoms with Gasteiger partial charge in [-0.3, -0.25) is 0 Å². The summed E-state index contributed by atoms with van der Waals surface area (Å²) in [6.45, 7) is 2.16. The number of rotatable bonds is 2. The van der Waals surface area contributed by atoms with Crippen molar-refractivity contribution in [3.8, 4) is 0 Å². The van der Waals surface area contributed by atoms with Crippen LogP contribution in [0.2, 0.25) is 0 Å². The summed E-state index contributed by atoms with van der Waals surface area (Å²) in [5.74, 6) is 0.579. The van der Waals surface area contributed by atoms with Crippen LogP contribution in [0.15, 0.2) is 28.7 Å². The molecule has 3 heteroatoms. The molecule has 1 aromatic rings. The average Bonchev–Trinajstić information content (AvgIpc) is 2.79. The number of hydrogen-bond acceptors (Lipinski definition) is 1. The lowest BCUT2D eigenvalue weighted by Crippen LogP contribution is -2.22. The quantitative estimate of drug-likeness (QED) is 0.879. The molecule has 2 N–H and O–H groups in total. The van der Waals surface area contributed by atoms with Gasteiger partial charge in [0.15, 0.2) is 0 Å². The number of hydrogen-bond donors (Lipinski definition) is 1. The molecule has 0 radical (unpaired) electrons. The fourth-order valence-electron chi connectivity index (χ4n) is 1.88. The lowest BCUT2D eigenvalue weighted by atomic mass is 10.1. The van der Waals surface area contributed by atoms with Crippen LogP contribution >= 0.6 is 28.3 Å². The van der Waals surface area contributed by atoms with Gasteiger partial charge < -0.3 is 5.73 Å². The molecule has 0 amide bonds. The summed E-state index contributed by atoms with van der Waals surface area (Å²) >= 11 is 3.48. The molecule has 0 unspecified atom stereocenters. The molecule has 1 fully saturated rings. The maximum Gasteiger partial charge on any atom is 0.0228 e. The molecule has 1 aliphatic rings. The van der Waals surface area contributed by atoms with Gasteiger partial charge in [0.2, 0.25) is 0 Å². The summed E-state index contributed by atoms with van der Waals surface area (Å²) in [5, 5.41) is 0. The van der Waals surface area contributed by atoms with Gasteiger partial charge in [0.05, 0.1) is 0 Å². The molecule has 0 aliphatic heterocycles. The molecular formula is C11H15BrClN. The molecule has 0 saturated heterocycles. The van der Waals surface area contributed by atoms with Gasteiger partial charge in [-0.05, 0) is 30.5 Å². The number of nitrogens with two attached hydrogens (primary N) is 1. The predicted molar refractivity (Wildman–Crippen MR) is 66.0 cm³/mol. The van der Waals surface area contributed by atoms with Crippen molar-refractivity contribution in [2.24, 2.45) is 5.73 Å². The first kappa shape index (κ1) is 12.0. The van der Waals surface area contributed by atoms with Gasteiger partial charge in [-0.25, -0.2) is 0 Å². The minimum Gasteiger partial charge on any atom is -0.325 e. The Hall–Kier alpha value is -0.0500. The minimum absolute atomic E-state index is 0. The molecule has 0 bridgehead atoms. The third-order valence-corrected chi connectivity index (χ3v) is 3.52. The smallest absolute Gasteiger partial charge is 0.0228 e. The molecule has 2 atom stereocenters. The van der Waals surface area contributed by atoms with Crippen molar-refractivity contribution < 1.29 is 0 Å². The van der Waals surface area contributed by atoms with Gasteiger partial charge >= 0.3 is 0 Å². The van der Waals surface area contributed by atoms with E-state index in [-0.39, 0.29) is 17.9 Å². The normalized spacial score (nSPS) is 29.5. The van der Waals surface area contributed by atoms with Crippen LogP contribution in [-0.4, -0.2) is 5.54 Å². The van der Waals surface area contributed by atoms with Crippen molar-refractivity contribution in [3.05, 3.63) is 34.3 Å². The Morgan fingerprint density at radius 2 is 2.29 bits per heavy atom. The zero-order valence-corrected chi connectivity index (χ0v) is 10.6. The lowest BCUT2D eigenvalue weighted by Gasteiger charge is -2.07. The molecule has 1 aromatic carbocycles. The van der Waals surface area contributed by atoms with E-state index in [9.17, 15) is 0 Å². The van der Waals surface area contributed by atoms with Crippen molar-refractivity contribution in [3.63, 3.8) is 0 Å². The molecule has 0 aromatic heterocycles. The first-order valence-corrected chi connectivity index (χ1v) is 5.49. The van der Waals surface area contributed by atoms with E-state index in [1.54, 1.807) is 0 Å². The van der Waals surface area contributed by atoms with Crippen LogP contribution in [0.3, 0.4) is 0 Å². The molecule has 2 rings (SSSR count). The summed E-state index contributed by atoms with van der Waals surface area (Å²) in [6, 6.07) is 8.47. The fourth-order valence-corrected chi connectivity index (χ4v) is 2.30. The van der Waals surface area contributed by atoms with Crippen LogP contribution in [-0.2, 0) is 0 Å². The summed E-state index contributed by atoms with van der Waals surface area (Å²) in [6.07, 6.45) is 2.21. The van der Waals surface area contributed by atoms with Crippen molar-refractivity contribution in [1.82, 2.24) is 0 Å². The Labute approximate surface area is 99.6 Å². The third-order valence-electron chi connectivity index (χ3n) is 3.03. The maximum absolute atomic E-state index is 6.16. The number of halogens is 2. The molecule has 1 nitrogen and oxygen atoms in total. The lowest BCUT2D eigenvalue weighted by molar-refractivity contribution is 0.626. The molecule has 78 valence electrons. The van der Waals surface area contributed by atoms with Crippen molar-refractivity contribution >= 4 is 28.3 Å². The Bertz CT molecular complexity index is 329. The second-order valence-electron chi connectivity index (χ2n) is 3.90. The van der Waals surface area contributed by atoms with E-state index in [1.807, 2.05) is 0 Å². The van der Waals surface area contributed by atoms with Crippen LogP contribution in [0.4, 0.5) is 0 Å². The highest BCUT2D eigenvalue weighted by Crippen LogP contribution is 2.51. The highest BCUT2D eigenvalue weighted by molar-refractivity contribution is 9.10. The summed E-state index contributed by atoms with van der Waals surface area (Å²) < 4.78 is 1.15. The second kappa shape index (κ2) is 4.21. The molecular weight excluding hydrogens is 261 g/mol. The molecule has 1 aliphatic carbocycles. The molecule has 14 heavy (non-hydrogen) atoms. The van der Waals surface area contributed by atoms with Gasteiger partial charge in [-0.2, -0.15) is 0 Å². The Morgan fingerprint density at radius 3 is 2.79 bits per heavy atom. The topological polar surface area (TPSA) is 26.0 Å².